The first kappa shape index (κ1) is 23.5. The van der Waals surface area contributed by atoms with Crippen molar-refractivity contribution in [2.75, 3.05) is 36.5 Å². The fraction of sp³-hybridized carbons (Fsp3) is 0.269. The van der Waals surface area contributed by atoms with Crippen LogP contribution in [-0.2, 0) is 32.5 Å². The van der Waals surface area contributed by atoms with Crippen LogP contribution in [0.15, 0.2) is 77.7 Å². The van der Waals surface area contributed by atoms with Crippen molar-refractivity contribution in [2.45, 2.75) is 23.9 Å². The fourth-order valence-corrected chi connectivity index (χ4v) is 6.26. The predicted molar refractivity (Wildman–Crippen MR) is 131 cm³/mol. The fourth-order valence-electron chi connectivity index (χ4n) is 4.63. The number of sulfonamides is 1. The molecule has 1 atom stereocenters. The van der Waals surface area contributed by atoms with Crippen LogP contribution in [0.2, 0.25) is 0 Å². The van der Waals surface area contributed by atoms with E-state index in [0.717, 1.165) is 27.2 Å². The average molecular weight is 496 g/mol. The highest BCUT2D eigenvalue weighted by molar-refractivity contribution is 7.89. The van der Waals surface area contributed by atoms with Crippen molar-refractivity contribution in [1.82, 2.24) is 4.31 Å². The van der Waals surface area contributed by atoms with Gasteiger partial charge >= 0.3 is 0 Å². The number of hydrogen-bond acceptors (Lipinski definition) is 5. The molecule has 0 saturated carbocycles. The maximum atomic E-state index is 14.5. The first-order chi connectivity index (χ1) is 16.9. The SMILES string of the molecule is O=C(Nc1ccccc1N1CCOCC1)[C@@H]1Cc2ccccc2CN1S(=O)(=O)c1ccccc1F. The average Bonchev–Trinajstić information content (AvgIpc) is 2.89. The van der Waals surface area contributed by atoms with Crippen LogP contribution < -0.4 is 10.2 Å². The van der Waals surface area contributed by atoms with Crippen LogP contribution in [0.5, 0.6) is 0 Å². The molecule has 0 aromatic heterocycles. The van der Waals surface area contributed by atoms with E-state index in [1.54, 1.807) is 6.07 Å². The van der Waals surface area contributed by atoms with Crippen molar-refractivity contribution >= 4 is 27.3 Å². The molecule has 2 aliphatic rings. The van der Waals surface area contributed by atoms with Crippen molar-refractivity contribution in [1.29, 1.82) is 0 Å². The third-order valence-corrected chi connectivity index (χ3v) is 8.33. The molecule has 0 unspecified atom stereocenters. The molecule has 3 aromatic carbocycles. The van der Waals surface area contributed by atoms with E-state index in [1.165, 1.54) is 18.2 Å². The number of rotatable bonds is 5. The Kier molecular flexibility index (Phi) is 6.55. The summed E-state index contributed by atoms with van der Waals surface area (Å²) < 4.78 is 48.3. The van der Waals surface area contributed by atoms with E-state index in [4.69, 9.17) is 4.74 Å². The predicted octanol–water partition coefficient (Wildman–Crippen LogP) is 3.42. The van der Waals surface area contributed by atoms with Gasteiger partial charge in [0.05, 0.1) is 24.6 Å². The molecular weight excluding hydrogens is 469 g/mol. The zero-order chi connectivity index (χ0) is 24.4. The summed E-state index contributed by atoms with van der Waals surface area (Å²) >= 11 is 0. The molecular formula is C26H26FN3O4S. The van der Waals surface area contributed by atoms with Gasteiger partial charge in [0.25, 0.3) is 0 Å². The number of para-hydroxylation sites is 2. The van der Waals surface area contributed by atoms with Gasteiger partial charge in [-0.3, -0.25) is 4.79 Å². The van der Waals surface area contributed by atoms with Gasteiger partial charge in [-0.15, -0.1) is 0 Å². The Hall–Kier alpha value is -3.27. The minimum absolute atomic E-state index is 0.0178. The van der Waals surface area contributed by atoms with Crippen molar-refractivity contribution in [2.24, 2.45) is 0 Å². The Morgan fingerprint density at radius 1 is 0.914 bits per heavy atom. The first-order valence-electron chi connectivity index (χ1n) is 11.5. The van der Waals surface area contributed by atoms with E-state index in [2.05, 4.69) is 10.2 Å². The summed E-state index contributed by atoms with van der Waals surface area (Å²) in [6.07, 6.45) is 0.190. The molecule has 3 aromatic rings. The Morgan fingerprint density at radius 3 is 2.34 bits per heavy atom. The molecule has 1 fully saturated rings. The minimum atomic E-state index is -4.28. The van der Waals surface area contributed by atoms with Gasteiger partial charge in [-0.1, -0.05) is 48.5 Å². The molecule has 182 valence electrons. The van der Waals surface area contributed by atoms with Crippen LogP contribution >= 0.6 is 0 Å². The molecule has 9 heteroatoms. The second-order valence-electron chi connectivity index (χ2n) is 8.58. The molecule has 7 nitrogen and oxygen atoms in total. The quantitative estimate of drug-likeness (QED) is 0.587. The monoisotopic (exact) mass is 495 g/mol. The second-order valence-corrected chi connectivity index (χ2v) is 10.4. The third-order valence-electron chi connectivity index (χ3n) is 6.45. The number of halogens is 1. The van der Waals surface area contributed by atoms with Crippen LogP contribution in [0.3, 0.4) is 0 Å². The van der Waals surface area contributed by atoms with Crippen LogP contribution in [-0.4, -0.2) is 51.0 Å². The highest BCUT2D eigenvalue weighted by Gasteiger charge is 2.40. The van der Waals surface area contributed by atoms with Crippen LogP contribution in [0, 0.1) is 5.82 Å². The van der Waals surface area contributed by atoms with E-state index in [-0.39, 0.29) is 13.0 Å². The lowest BCUT2D eigenvalue weighted by Gasteiger charge is -2.35. The van der Waals surface area contributed by atoms with Gasteiger partial charge in [-0.25, -0.2) is 12.8 Å². The Bertz CT molecular complexity index is 1340. The molecule has 2 aliphatic heterocycles. The molecule has 2 heterocycles. The van der Waals surface area contributed by atoms with Gasteiger partial charge in [-0.05, 0) is 41.8 Å². The smallest absolute Gasteiger partial charge is 0.247 e. The number of morpholine rings is 1. The minimum Gasteiger partial charge on any atom is -0.378 e. The van der Waals surface area contributed by atoms with Gasteiger partial charge in [-0.2, -0.15) is 4.31 Å². The number of anilines is 2. The summed E-state index contributed by atoms with van der Waals surface area (Å²) in [5.41, 5.74) is 3.14. The largest absolute Gasteiger partial charge is 0.378 e. The molecule has 0 spiro atoms. The Morgan fingerprint density at radius 2 is 1.57 bits per heavy atom. The lowest BCUT2D eigenvalue weighted by Crippen LogP contribution is -2.50. The maximum Gasteiger partial charge on any atom is 0.247 e. The van der Waals surface area contributed by atoms with Crippen molar-refractivity contribution in [3.05, 3.63) is 89.7 Å². The van der Waals surface area contributed by atoms with E-state index >= 15 is 0 Å². The number of nitrogens with zero attached hydrogens (tertiary/aromatic N) is 2. The summed E-state index contributed by atoms with van der Waals surface area (Å²) in [4.78, 5) is 15.3. The molecule has 5 rings (SSSR count). The normalized spacial score (nSPS) is 18.7. The number of amides is 1. The van der Waals surface area contributed by atoms with Crippen LogP contribution in [0.1, 0.15) is 11.1 Å². The summed E-state index contributed by atoms with van der Waals surface area (Å²) in [7, 11) is -4.28. The van der Waals surface area contributed by atoms with Crippen LogP contribution in [0.25, 0.3) is 0 Å². The lowest BCUT2D eigenvalue weighted by atomic mass is 9.95. The zero-order valence-corrected chi connectivity index (χ0v) is 19.9. The number of nitrogens with one attached hydrogen (secondary N) is 1. The van der Waals surface area contributed by atoms with Gasteiger partial charge in [0.2, 0.25) is 15.9 Å². The number of benzene rings is 3. The number of fused-ring (bicyclic) bond motifs is 1. The summed E-state index contributed by atoms with van der Waals surface area (Å²) in [6, 6.07) is 19.1. The number of carbonyl (C=O) groups excluding carboxylic acids is 1. The summed E-state index contributed by atoms with van der Waals surface area (Å²) in [5.74, 6) is -1.30. The number of carbonyl (C=O) groups is 1. The molecule has 1 saturated heterocycles. The van der Waals surface area contributed by atoms with E-state index in [1.807, 2.05) is 42.5 Å². The van der Waals surface area contributed by atoms with Crippen molar-refractivity contribution in [3.63, 3.8) is 0 Å². The molecule has 1 amide bonds. The molecule has 35 heavy (non-hydrogen) atoms. The maximum absolute atomic E-state index is 14.5. The topological polar surface area (TPSA) is 79.0 Å². The molecule has 0 radical (unpaired) electrons. The number of hydrogen-bond donors (Lipinski definition) is 1. The summed E-state index contributed by atoms with van der Waals surface area (Å²) in [5, 5.41) is 2.96. The van der Waals surface area contributed by atoms with Gasteiger partial charge in [0.1, 0.15) is 16.8 Å². The van der Waals surface area contributed by atoms with Crippen molar-refractivity contribution < 1.29 is 22.3 Å². The zero-order valence-electron chi connectivity index (χ0n) is 19.1. The molecule has 1 N–H and O–H groups in total. The first-order valence-corrected chi connectivity index (χ1v) is 12.9. The van der Waals surface area contributed by atoms with Gasteiger partial charge in [0.15, 0.2) is 0 Å². The second kappa shape index (κ2) is 9.77. The number of ether oxygens (including phenoxy) is 1. The van der Waals surface area contributed by atoms with Gasteiger partial charge < -0.3 is 15.0 Å². The highest BCUT2D eigenvalue weighted by Crippen LogP contribution is 2.32. The van der Waals surface area contributed by atoms with Crippen molar-refractivity contribution in [3.8, 4) is 0 Å². The lowest BCUT2D eigenvalue weighted by molar-refractivity contribution is -0.120. The molecule has 0 bridgehead atoms. The highest BCUT2D eigenvalue weighted by atomic mass is 32.2. The molecule has 0 aliphatic carbocycles. The van der Waals surface area contributed by atoms with Gasteiger partial charge in [0, 0.05) is 19.6 Å². The van der Waals surface area contributed by atoms with Crippen LogP contribution in [0.4, 0.5) is 15.8 Å². The standard InChI is InChI=1S/C26H26FN3O4S/c27-21-9-3-6-12-25(21)35(32,33)30-18-20-8-2-1-7-19(20)17-24(30)26(31)28-22-10-4-5-11-23(22)29-13-15-34-16-14-29/h1-12,24H,13-18H2,(H,28,31)/t24-/m0/s1. The third kappa shape index (κ3) is 4.67. The summed E-state index contributed by atoms with van der Waals surface area (Å²) in [6.45, 7) is 2.55. The Labute approximate surface area is 204 Å². The van der Waals surface area contributed by atoms with E-state index in [0.29, 0.717) is 32.0 Å². The van der Waals surface area contributed by atoms with E-state index < -0.39 is 32.7 Å². The van der Waals surface area contributed by atoms with E-state index in [9.17, 15) is 17.6 Å². The Balaban J connectivity index is 1.49.